The Labute approximate surface area is 172 Å². The van der Waals surface area contributed by atoms with Crippen molar-refractivity contribution in [2.75, 3.05) is 0 Å². The lowest BCUT2D eigenvalue weighted by Crippen LogP contribution is -2.57. The molecular weight excluding hydrogens is 377 g/mol. The molecule has 0 saturated carbocycles. The zero-order valence-corrected chi connectivity index (χ0v) is 17.8. The van der Waals surface area contributed by atoms with Crippen molar-refractivity contribution >= 4 is 23.2 Å². The van der Waals surface area contributed by atoms with Gasteiger partial charge in [-0.05, 0) is 41.8 Å². The Morgan fingerprint density at radius 3 is 1.63 bits per heavy atom. The quantitative estimate of drug-likeness (QED) is 0.588. The first-order valence-electron chi connectivity index (χ1n) is 9.86. The Bertz CT molecular complexity index is 686. The van der Waals surface area contributed by atoms with Crippen molar-refractivity contribution in [3.05, 3.63) is 69.7 Å². The Kier molecular flexibility index (Phi) is 6.53. The fourth-order valence-electron chi connectivity index (χ4n) is 4.50. The molecule has 146 valence electrons. The number of aliphatic hydroxyl groups is 1. The summed E-state index contributed by atoms with van der Waals surface area (Å²) in [6, 6.07) is 16.0. The first kappa shape index (κ1) is 20.7. The van der Waals surface area contributed by atoms with Gasteiger partial charge in [0, 0.05) is 34.0 Å². The number of piperidine rings is 1. The molecule has 0 aliphatic carbocycles. The van der Waals surface area contributed by atoms with Crippen molar-refractivity contribution in [3.63, 3.8) is 0 Å². The van der Waals surface area contributed by atoms with Crippen molar-refractivity contribution in [1.29, 1.82) is 0 Å². The Hall–Kier alpha value is -1.06. The second kappa shape index (κ2) is 8.53. The third-order valence-electron chi connectivity index (χ3n) is 6.33. The van der Waals surface area contributed by atoms with E-state index in [9.17, 15) is 5.11 Å². The predicted molar refractivity (Wildman–Crippen MR) is 114 cm³/mol. The van der Waals surface area contributed by atoms with E-state index in [-0.39, 0.29) is 23.9 Å². The van der Waals surface area contributed by atoms with E-state index in [0.29, 0.717) is 0 Å². The first-order valence-corrected chi connectivity index (χ1v) is 10.6. The Morgan fingerprint density at radius 2 is 1.26 bits per heavy atom. The van der Waals surface area contributed by atoms with E-state index in [2.05, 4.69) is 50.4 Å². The third-order valence-corrected chi connectivity index (χ3v) is 6.83. The van der Waals surface area contributed by atoms with Crippen LogP contribution >= 0.6 is 23.2 Å². The van der Waals surface area contributed by atoms with Crippen LogP contribution in [0.15, 0.2) is 48.5 Å². The number of nitrogens with one attached hydrogen (secondary N) is 1. The van der Waals surface area contributed by atoms with Gasteiger partial charge in [0.25, 0.3) is 0 Å². The van der Waals surface area contributed by atoms with Gasteiger partial charge in [0.15, 0.2) is 0 Å². The number of hydrogen-bond donors (Lipinski definition) is 2. The van der Waals surface area contributed by atoms with Crippen LogP contribution in [-0.4, -0.2) is 10.7 Å². The maximum atomic E-state index is 11.8. The molecule has 0 bridgehead atoms. The van der Waals surface area contributed by atoms with E-state index < -0.39 is 5.60 Å². The minimum absolute atomic E-state index is 0.0565. The molecule has 1 heterocycles. The molecule has 2 nitrogen and oxygen atoms in total. The summed E-state index contributed by atoms with van der Waals surface area (Å²) in [5.74, 6) is 0.174. The Morgan fingerprint density at radius 1 is 0.852 bits per heavy atom. The zero-order chi connectivity index (χ0) is 19.6. The molecule has 5 atom stereocenters. The molecule has 2 aromatic rings. The summed E-state index contributed by atoms with van der Waals surface area (Å²) >= 11 is 12.2. The summed E-state index contributed by atoms with van der Waals surface area (Å²) in [5, 5.41) is 17.1. The van der Waals surface area contributed by atoms with Gasteiger partial charge in [-0.15, -0.1) is 0 Å². The Balaban J connectivity index is 2.01. The second-order valence-corrected chi connectivity index (χ2v) is 8.77. The summed E-state index contributed by atoms with van der Waals surface area (Å²) in [4.78, 5) is 0. The molecule has 1 aliphatic heterocycles. The summed E-state index contributed by atoms with van der Waals surface area (Å²) in [6.45, 7) is 6.50. The smallest absolute Gasteiger partial charge is 0.0734 e. The molecule has 0 amide bonds. The fraction of sp³-hybridized carbons (Fsp3) is 0.478. The van der Waals surface area contributed by atoms with Crippen LogP contribution < -0.4 is 5.32 Å². The largest absolute Gasteiger partial charge is 0.389 e. The first-order chi connectivity index (χ1) is 12.9. The topological polar surface area (TPSA) is 32.3 Å². The summed E-state index contributed by atoms with van der Waals surface area (Å²) < 4.78 is 0. The molecule has 0 radical (unpaired) electrons. The van der Waals surface area contributed by atoms with Crippen molar-refractivity contribution in [2.45, 2.75) is 57.7 Å². The molecule has 2 N–H and O–H groups in total. The molecule has 0 spiro atoms. The highest BCUT2D eigenvalue weighted by molar-refractivity contribution is 6.30. The zero-order valence-electron chi connectivity index (χ0n) is 16.3. The summed E-state index contributed by atoms with van der Waals surface area (Å²) in [5.41, 5.74) is 1.58. The van der Waals surface area contributed by atoms with E-state index >= 15 is 0 Å². The lowest BCUT2D eigenvalue weighted by Gasteiger charge is -2.52. The van der Waals surface area contributed by atoms with Crippen molar-refractivity contribution in [3.8, 4) is 0 Å². The van der Waals surface area contributed by atoms with Gasteiger partial charge in [-0.2, -0.15) is 0 Å². The van der Waals surface area contributed by atoms with Gasteiger partial charge in [-0.1, -0.05) is 81.1 Å². The number of benzene rings is 2. The van der Waals surface area contributed by atoms with Crippen LogP contribution in [-0.2, 0) is 0 Å². The molecule has 2 aromatic carbocycles. The van der Waals surface area contributed by atoms with Gasteiger partial charge in [-0.3, -0.25) is 0 Å². The van der Waals surface area contributed by atoms with Crippen LogP contribution in [0.1, 0.15) is 63.2 Å². The summed E-state index contributed by atoms with van der Waals surface area (Å²) in [7, 11) is 0. The normalized spacial score (nSPS) is 31.0. The van der Waals surface area contributed by atoms with E-state index in [1.165, 1.54) is 0 Å². The highest BCUT2D eigenvalue weighted by atomic mass is 35.5. The number of hydrogen-bond acceptors (Lipinski definition) is 2. The molecule has 1 unspecified atom stereocenters. The average Bonchev–Trinajstić information content (AvgIpc) is 2.67. The minimum Gasteiger partial charge on any atom is -0.389 e. The van der Waals surface area contributed by atoms with Crippen LogP contribution in [0.5, 0.6) is 0 Å². The fourth-order valence-corrected chi connectivity index (χ4v) is 4.75. The predicted octanol–water partition coefficient (Wildman–Crippen LogP) is 6.57. The highest BCUT2D eigenvalue weighted by Crippen LogP contribution is 2.49. The molecule has 1 fully saturated rings. The van der Waals surface area contributed by atoms with Crippen molar-refractivity contribution in [2.24, 2.45) is 11.8 Å². The minimum atomic E-state index is -0.740. The van der Waals surface area contributed by atoms with Gasteiger partial charge in [0.1, 0.15) is 0 Å². The molecule has 1 aliphatic rings. The standard InChI is InChI=1S/C23H29Cl2NO/c1-4-5-14-23(27)15(2)21(17-6-10-19(24)11-7-17)26-22(16(23)3)18-8-12-20(25)13-9-18/h6-13,15-16,21-22,26-27H,4-5,14H2,1-3H3/t15-,16+,21-,22+,23?. The van der Waals surface area contributed by atoms with E-state index in [1.54, 1.807) is 0 Å². The highest BCUT2D eigenvalue weighted by Gasteiger charge is 2.50. The van der Waals surface area contributed by atoms with Gasteiger partial charge < -0.3 is 10.4 Å². The molecule has 1 saturated heterocycles. The van der Waals surface area contributed by atoms with Crippen LogP contribution in [0.2, 0.25) is 10.0 Å². The summed E-state index contributed by atoms with van der Waals surface area (Å²) in [6.07, 6.45) is 2.90. The second-order valence-electron chi connectivity index (χ2n) is 7.90. The molecule has 27 heavy (non-hydrogen) atoms. The maximum absolute atomic E-state index is 11.8. The van der Waals surface area contributed by atoms with E-state index in [1.807, 2.05) is 24.3 Å². The SMILES string of the molecule is CCCCC1(O)[C@H](C)[C@H](c2ccc(Cl)cc2)N[C@H](c2ccc(Cl)cc2)[C@@H]1C. The number of halogens is 2. The van der Waals surface area contributed by atoms with Crippen molar-refractivity contribution < 1.29 is 5.11 Å². The molecule has 4 heteroatoms. The monoisotopic (exact) mass is 405 g/mol. The van der Waals surface area contributed by atoms with Crippen LogP contribution in [0.25, 0.3) is 0 Å². The average molecular weight is 406 g/mol. The van der Waals surface area contributed by atoms with Gasteiger partial charge in [-0.25, -0.2) is 0 Å². The van der Waals surface area contributed by atoms with Crippen LogP contribution in [0, 0.1) is 11.8 Å². The van der Waals surface area contributed by atoms with E-state index in [4.69, 9.17) is 23.2 Å². The molecule has 3 rings (SSSR count). The molecular formula is C23H29Cl2NO. The van der Waals surface area contributed by atoms with Crippen molar-refractivity contribution in [1.82, 2.24) is 5.32 Å². The van der Waals surface area contributed by atoms with Gasteiger partial charge in [0.2, 0.25) is 0 Å². The third kappa shape index (κ3) is 4.19. The van der Waals surface area contributed by atoms with E-state index in [0.717, 1.165) is 40.4 Å². The number of rotatable bonds is 5. The van der Waals surface area contributed by atoms with Crippen LogP contribution in [0.3, 0.4) is 0 Å². The van der Waals surface area contributed by atoms with Gasteiger partial charge in [0.05, 0.1) is 5.60 Å². The maximum Gasteiger partial charge on any atom is 0.0734 e. The lowest BCUT2D eigenvalue weighted by atomic mass is 9.64. The molecule has 0 aromatic heterocycles. The van der Waals surface area contributed by atoms with Crippen LogP contribution in [0.4, 0.5) is 0 Å². The number of unbranched alkanes of at least 4 members (excludes halogenated alkanes) is 1. The lowest BCUT2D eigenvalue weighted by molar-refractivity contribution is -0.117. The van der Waals surface area contributed by atoms with Gasteiger partial charge >= 0.3 is 0 Å².